The molecular formula is C14H18N2O5. The number of rotatable bonds is 7. The lowest BCUT2D eigenvalue weighted by Crippen LogP contribution is -2.33. The molecule has 2 N–H and O–H groups in total. The normalized spacial score (nSPS) is 9.62. The molecular weight excluding hydrogens is 276 g/mol. The Bertz CT molecular complexity index is 499. The number of benzene rings is 1. The number of hydrogen-bond donors (Lipinski definition) is 2. The Hall–Kier alpha value is -2.57. The van der Waals surface area contributed by atoms with Crippen LogP contribution in [0.5, 0.6) is 5.75 Å². The summed E-state index contributed by atoms with van der Waals surface area (Å²) in [7, 11) is 1.43. The van der Waals surface area contributed by atoms with Crippen LogP contribution in [-0.2, 0) is 14.3 Å². The monoisotopic (exact) mass is 294 g/mol. The van der Waals surface area contributed by atoms with Gasteiger partial charge in [-0.25, -0.2) is 0 Å². The van der Waals surface area contributed by atoms with Crippen LogP contribution in [0.25, 0.3) is 0 Å². The first-order valence-corrected chi connectivity index (χ1v) is 6.44. The number of esters is 1. The maximum absolute atomic E-state index is 11.8. The SMILES string of the molecule is CCOc1ccc(C(=O)NCC(=O)OCC(=O)NC)cc1. The summed E-state index contributed by atoms with van der Waals surface area (Å²) in [5.74, 6) is -0.840. The van der Waals surface area contributed by atoms with Gasteiger partial charge in [0.1, 0.15) is 12.3 Å². The smallest absolute Gasteiger partial charge is 0.325 e. The number of carbonyl (C=O) groups excluding carboxylic acids is 3. The van der Waals surface area contributed by atoms with Crippen molar-refractivity contribution in [3.63, 3.8) is 0 Å². The molecule has 0 saturated carbocycles. The first-order valence-electron chi connectivity index (χ1n) is 6.44. The molecule has 21 heavy (non-hydrogen) atoms. The quantitative estimate of drug-likeness (QED) is 0.696. The molecule has 1 rings (SSSR count). The van der Waals surface area contributed by atoms with Crippen LogP contribution in [0.4, 0.5) is 0 Å². The van der Waals surface area contributed by atoms with Crippen molar-refractivity contribution in [1.29, 1.82) is 0 Å². The molecule has 0 aliphatic carbocycles. The average Bonchev–Trinajstić information content (AvgIpc) is 2.51. The highest BCUT2D eigenvalue weighted by Gasteiger charge is 2.10. The average molecular weight is 294 g/mol. The number of amides is 2. The predicted molar refractivity (Wildman–Crippen MR) is 75.0 cm³/mol. The summed E-state index contributed by atoms with van der Waals surface area (Å²) in [5.41, 5.74) is 0.401. The Balaban J connectivity index is 2.39. The zero-order valence-corrected chi connectivity index (χ0v) is 12.0. The molecule has 0 heterocycles. The summed E-state index contributed by atoms with van der Waals surface area (Å²) in [4.78, 5) is 33.9. The van der Waals surface area contributed by atoms with Crippen molar-refractivity contribution in [3.05, 3.63) is 29.8 Å². The fraction of sp³-hybridized carbons (Fsp3) is 0.357. The molecule has 7 nitrogen and oxygen atoms in total. The van der Waals surface area contributed by atoms with Crippen LogP contribution in [0, 0.1) is 0 Å². The Morgan fingerprint density at radius 1 is 1.14 bits per heavy atom. The third-order valence-electron chi connectivity index (χ3n) is 2.46. The fourth-order valence-corrected chi connectivity index (χ4v) is 1.39. The van der Waals surface area contributed by atoms with Crippen molar-refractivity contribution >= 4 is 17.8 Å². The minimum Gasteiger partial charge on any atom is -0.494 e. The van der Waals surface area contributed by atoms with Crippen LogP contribution in [-0.4, -0.2) is 44.6 Å². The van der Waals surface area contributed by atoms with E-state index in [4.69, 9.17) is 4.74 Å². The molecule has 0 fully saturated rings. The van der Waals surface area contributed by atoms with Gasteiger partial charge >= 0.3 is 5.97 Å². The van der Waals surface area contributed by atoms with Gasteiger partial charge in [-0.3, -0.25) is 14.4 Å². The lowest BCUT2D eigenvalue weighted by atomic mass is 10.2. The van der Waals surface area contributed by atoms with E-state index >= 15 is 0 Å². The first kappa shape index (κ1) is 16.5. The third-order valence-corrected chi connectivity index (χ3v) is 2.46. The molecule has 0 bridgehead atoms. The minimum absolute atomic E-state index is 0.303. The number of nitrogens with one attached hydrogen (secondary N) is 2. The van der Waals surface area contributed by atoms with Gasteiger partial charge < -0.3 is 20.1 Å². The number of carbonyl (C=O) groups is 3. The van der Waals surface area contributed by atoms with E-state index in [0.717, 1.165) is 0 Å². The van der Waals surface area contributed by atoms with Gasteiger partial charge in [0.25, 0.3) is 11.8 Å². The van der Waals surface area contributed by atoms with Crippen LogP contribution in [0.3, 0.4) is 0 Å². The van der Waals surface area contributed by atoms with Crippen LogP contribution < -0.4 is 15.4 Å². The molecule has 0 aliphatic heterocycles. The van der Waals surface area contributed by atoms with Gasteiger partial charge in [0.05, 0.1) is 6.61 Å². The van der Waals surface area contributed by atoms with Gasteiger partial charge in [0.2, 0.25) is 0 Å². The second-order valence-electron chi connectivity index (χ2n) is 3.97. The summed E-state index contributed by atoms with van der Waals surface area (Å²) < 4.78 is 9.91. The van der Waals surface area contributed by atoms with E-state index in [1.54, 1.807) is 24.3 Å². The fourth-order valence-electron chi connectivity index (χ4n) is 1.39. The molecule has 0 aromatic heterocycles. The zero-order valence-electron chi connectivity index (χ0n) is 12.0. The molecule has 0 atom stereocenters. The molecule has 0 radical (unpaired) electrons. The highest BCUT2D eigenvalue weighted by atomic mass is 16.5. The lowest BCUT2D eigenvalue weighted by molar-refractivity contribution is -0.147. The van der Waals surface area contributed by atoms with Crippen molar-refractivity contribution in [2.75, 3.05) is 26.8 Å². The summed E-state index contributed by atoms with van der Waals surface area (Å²) >= 11 is 0. The van der Waals surface area contributed by atoms with E-state index < -0.39 is 17.8 Å². The van der Waals surface area contributed by atoms with Crippen LogP contribution >= 0.6 is 0 Å². The Kier molecular flexibility index (Phi) is 6.73. The molecule has 2 amide bonds. The van der Waals surface area contributed by atoms with Crippen molar-refractivity contribution in [2.24, 2.45) is 0 Å². The molecule has 114 valence electrons. The molecule has 1 aromatic rings. The van der Waals surface area contributed by atoms with Crippen LogP contribution in [0.15, 0.2) is 24.3 Å². The van der Waals surface area contributed by atoms with Gasteiger partial charge in [0.15, 0.2) is 6.61 Å². The second-order valence-corrected chi connectivity index (χ2v) is 3.97. The van der Waals surface area contributed by atoms with E-state index in [9.17, 15) is 14.4 Å². The van der Waals surface area contributed by atoms with Gasteiger partial charge in [-0.1, -0.05) is 0 Å². The maximum Gasteiger partial charge on any atom is 0.325 e. The van der Waals surface area contributed by atoms with Gasteiger partial charge in [-0.05, 0) is 31.2 Å². The molecule has 7 heteroatoms. The lowest BCUT2D eigenvalue weighted by Gasteiger charge is -2.07. The predicted octanol–water partition coefficient (Wildman–Crippen LogP) is 0.104. The molecule has 1 aromatic carbocycles. The first-order chi connectivity index (χ1) is 10.1. The molecule has 0 unspecified atom stereocenters. The topological polar surface area (TPSA) is 93.7 Å². The minimum atomic E-state index is -0.683. The number of ether oxygens (including phenoxy) is 2. The molecule has 0 spiro atoms. The maximum atomic E-state index is 11.8. The highest BCUT2D eigenvalue weighted by Crippen LogP contribution is 2.11. The van der Waals surface area contributed by atoms with Crippen LogP contribution in [0.2, 0.25) is 0 Å². The highest BCUT2D eigenvalue weighted by molar-refractivity contribution is 5.96. The summed E-state index contributed by atoms with van der Waals surface area (Å²) in [6.07, 6.45) is 0. The number of likely N-dealkylation sites (N-methyl/N-ethyl adjacent to an activating group) is 1. The number of hydrogen-bond acceptors (Lipinski definition) is 5. The van der Waals surface area contributed by atoms with Crippen molar-refractivity contribution < 1.29 is 23.9 Å². The van der Waals surface area contributed by atoms with Crippen molar-refractivity contribution in [1.82, 2.24) is 10.6 Å². The van der Waals surface area contributed by atoms with Crippen molar-refractivity contribution in [2.45, 2.75) is 6.92 Å². The van der Waals surface area contributed by atoms with Gasteiger partial charge in [0, 0.05) is 12.6 Å². The summed E-state index contributed by atoms with van der Waals surface area (Å²) in [5, 5.41) is 4.72. The molecule has 0 saturated heterocycles. The zero-order chi connectivity index (χ0) is 15.7. The van der Waals surface area contributed by atoms with E-state index in [-0.39, 0.29) is 13.2 Å². The van der Waals surface area contributed by atoms with Crippen molar-refractivity contribution in [3.8, 4) is 5.75 Å². The van der Waals surface area contributed by atoms with E-state index in [1.165, 1.54) is 7.05 Å². The largest absolute Gasteiger partial charge is 0.494 e. The van der Waals surface area contributed by atoms with E-state index in [2.05, 4.69) is 15.4 Å². The summed E-state index contributed by atoms with van der Waals surface area (Å²) in [6, 6.07) is 6.52. The van der Waals surface area contributed by atoms with Gasteiger partial charge in [-0.15, -0.1) is 0 Å². The van der Waals surface area contributed by atoms with Crippen LogP contribution in [0.1, 0.15) is 17.3 Å². The Morgan fingerprint density at radius 3 is 2.38 bits per heavy atom. The van der Waals surface area contributed by atoms with E-state index in [1.807, 2.05) is 6.92 Å². The Morgan fingerprint density at radius 2 is 1.81 bits per heavy atom. The standard InChI is InChI=1S/C14H18N2O5/c1-3-20-11-6-4-10(5-7-11)14(19)16-8-13(18)21-9-12(17)15-2/h4-7H,3,8-9H2,1-2H3,(H,15,17)(H,16,19). The Labute approximate surface area is 122 Å². The summed E-state index contributed by atoms with van der Waals surface area (Å²) in [6.45, 7) is 1.74. The van der Waals surface area contributed by atoms with Gasteiger partial charge in [-0.2, -0.15) is 0 Å². The molecule has 0 aliphatic rings. The van der Waals surface area contributed by atoms with E-state index in [0.29, 0.717) is 17.9 Å². The second kappa shape index (κ2) is 8.57. The third kappa shape index (κ3) is 5.94.